The number of aryl methyl sites for hydroxylation is 1. The fraction of sp³-hybridized carbons (Fsp3) is 0.786. The number of methoxy groups -OCH3 is 1. The number of hydrogen-bond donors (Lipinski definition) is 1. The van der Waals surface area contributed by atoms with Crippen molar-refractivity contribution in [2.24, 2.45) is 11.1 Å². The molecule has 2 rings (SSSR count). The Kier molecular flexibility index (Phi) is 3.95. The molecule has 0 amide bonds. The van der Waals surface area contributed by atoms with Gasteiger partial charge in [-0.05, 0) is 24.7 Å². The second-order valence-electron chi connectivity index (χ2n) is 5.66. The summed E-state index contributed by atoms with van der Waals surface area (Å²) in [5.74, 6) is 0.837. The van der Waals surface area contributed by atoms with Crippen LogP contribution < -0.4 is 10.5 Å². The largest absolute Gasteiger partial charge is 0.493 e. The van der Waals surface area contributed by atoms with Gasteiger partial charge in [-0.1, -0.05) is 26.7 Å². The highest BCUT2D eigenvalue weighted by Gasteiger charge is 2.38. The Morgan fingerprint density at radius 3 is 2.72 bits per heavy atom. The van der Waals surface area contributed by atoms with Crippen LogP contribution in [0.5, 0.6) is 5.75 Å². The summed E-state index contributed by atoms with van der Waals surface area (Å²) in [5.41, 5.74) is 7.81. The molecule has 1 aliphatic rings. The van der Waals surface area contributed by atoms with E-state index >= 15 is 0 Å². The van der Waals surface area contributed by atoms with Crippen LogP contribution in [0.15, 0.2) is 6.20 Å². The third-order valence-corrected chi connectivity index (χ3v) is 4.29. The zero-order valence-electron chi connectivity index (χ0n) is 11.8. The van der Waals surface area contributed by atoms with Crippen LogP contribution >= 0.6 is 0 Å². The van der Waals surface area contributed by atoms with E-state index in [9.17, 15) is 0 Å². The van der Waals surface area contributed by atoms with Crippen LogP contribution in [-0.4, -0.2) is 16.9 Å². The van der Waals surface area contributed by atoms with Gasteiger partial charge in [0, 0.05) is 6.54 Å². The van der Waals surface area contributed by atoms with Crippen molar-refractivity contribution in [1.82, 2.24) is 9.78 Å². The van der Waals surface area contributed by atoms with Crippen LogP contribution in [0.2, 0.25) is 0 Å². The maximum Gasteiger partial charge on any atom is 0.161 e. The van der Waals surface area contributed by atoms with Gasteiger partial charge in [-0.15, -0.1) is 0 Å². The Morgan fingerprint density at radius 2 is 2.17 bits per heavy atom. The minimum atomic E-state index is 0.0176. The SMILES string of the molecule is CCCn1ncc(OC)c1C(N)C1(C)CCCC1. The average Bonchev–Trinajstić information content (AvgIpc) is 2.96. The second kappa shape index (κ2) is 5.31. The molecule has 1 aliphatic carbocycles. The Balaban J connectivity index is 2.32. The molecule has 102 valence electrons. The van der Waals surface area contributed by atoms with E-state index in [1.54, 1.807) is 13.3 Å². The number of nitrogens with zero attached hydrogens (tertiary/aromatic N) is 2. The Hall–Kier alpha value is -1.03. The summed E-state index contributed by atoms with van der Waals surface area (Å²) >= 11 is 0. The van der Waals surface area contributed by atoms with Crippen molar-refractivity contribution in [3.05, 3.63) is 11.9 Å². The highest BCUT2D eigenvalue weighted by molar-refractivity contribution is 5.30. The molecule has 0 saturated heterocycles. The first-order valence-corrected chi connectivity index (χ1v) is 6.97. The zero-order valence-corrected chi connectivity index (χ0v) is 11.8. The van der Waals surface area contributed by atoms with Gasteiger partial charge >= 0.3 is 0 Å². The molecule has 0 bridgehead atoms. The first-order valence-electron chi connectivity index (χ1n) is 6.97. The van der Waals surface area contributed by atoms with E-state index in [-0.39, 0.29) is 11.5 Å². The van der Waals surface area contributed by atoms with Gasteiger partial charge in [0.25, 0.3) is 0 Å². The summed E-state index contributed by atoms with van der Waals surface area (Å²) < 4.78 is 7.46. The second-order valence-corrected chi connectivity index (χ2v) is 5.66. The summed E-state index contributed by atoms with van der Waals surface area (Å²) in [5, 5.41) is 4.41. The maximum atomic E-state index is 6.55. The van der Waals surface area contributed by atoms with Gasteiger partial charge in [0.05, 0.1) is 25.0 Å². The van der Waals surface area contributed by atoms with E-state index in [4.69, 9.17) is 10.5 Å². The first kappa shape index (κ1) is 13.4. The number of ether oxygens (including phenoxy) is 1. The predicted octanol–water partition coefficient (Wildman–Crippen LogP) is 2.88. The molecule has 1 aromatic rings. The third kappa shape index (κ3) is 2.26. The lowest BCUT2D eigenvalue weighted by Crippen LogP contribution is -2.31. The smallest absolute Gasteiger partial charge is 0.161 e. The third-order valence-electron chi connectivity index (χ3n) is 4.29. The van der Waals surface area contributed by atoms with E-state index in [1.807, 2.05) is 4.68 Å². The van der Waals surface area contributed by atoms with Crippen LogP contribution in [0.3, 0.4) is 0 Å². The lowest BCUT2D eigenvalue weighted by atomic mass is 9.79. The summed E-state index contributed by atoms with van der Waals surface area (Å²) in [7, 11) is 1.69. The highest BCUT2D eigenvalue weighted by atomic mass is 16.5. The van der Waals surface area contributed by atoms with Gasteiger partial charge in [0.2, 0.25) is 0 Å². The molecule has 0 aliphatic heterocycles. The summed E-state index contributed by atoms with van der Waals surface area (Å²) in [6, 6.07) is 0.0176. The van der Waals surface area contributed by atoms with E-state index in [2.05, 4.69) is 18.9 Å². The molecule has 1 heterocycles. The Morgan fingerprint density at radius 1 is 1.50 bits per heavy atom. The minimum absolute atomic E-state index is 0.0176. The topological polar surface area (TPSA) is 53.1 Å². The van der Waals surface area contributed by atoms with E-state index in [1.165, 1.54) is 25.7 Å². The van der Waals surface area contributed by atoms with Crippen molar-refractivity contribution >= 4 is 0 Å². The standard InChI is InChI=1S/C14H25N3O/c1-4-9-17-12(11(18-3)10-16-17)13(15)14(2)7-5-6-8-14/h10,13H,4-9,15H2,1-3H3. The minimum Gasteiger partial charge on any atom is -0.493 e. The van der Waals surface area contributed by atoms with Crippen molar-refractivity contribution in [3.8, 4) is 5.75 Å². The first-order chi connectivity index (χ1) is 8.62. The zero-order chi connectivity index (χ0) is 13.2. The summed E-state index contributed by atoms with van der Waals surface area (Å²) in [6.45, 7) is 5.36. The van der Waals surface area contributed by atoms with Gasteiger partial charge in [0.1, 0.15) is 0 Å². The van der Waals surface area contributed by atoms with Crippen molar-refractivity contribution < 1.29 is 4.74 Å². The molecule has 1 saturated carbocycles. The molecule has 0 aromatic carbocycles. The van der Waals surface area contributed by atoms with E-state index < -0.39 is 0 Å². The molecule has 0 spiro atoms. The van der Waals surface area contributed by atoms with Gasteiger partial charge in [-0.3, -0.25) is 4.68 Å². The molecule has 2 N–H and O–H groups in total. The van der Waals surface area contributed by atoms with Crippen molar-refractivity contribution in [1.29, 1.82) is 0 Å². The molecule has 1 unspecified atom stereocenters. The van der Waals surface area contributed by atoms with Gasteiger partial charge in [0.15, 0.2) is 5.75 Å². The molecule has 1 fully saturated rings. The van der Waals surface area contributed by atoms with Gasteiger partial charge < -0.3 is 10.5 Å². The van der Waals surface area contributed by atoms with E-state index in [0.717, 1.165) is 24.4 Å². The molecule has 4 heteroatoms. The molecule has 4 nitrogen and oxygen atoms in total. The predicted molar refractivity (Wildman–Crippen MR) is 72.6 cm³/mol. The molecule has 1 aromatic heterocycles. The number of rotatable bonds is 5. The fourth-order valence-corrected chi connectivity index (χ4v) is 3.06. The molecule has 18 heavy (non-hydrogen) atoms. The van der Waals surface area contributed by atoms with Crippen molar-refractivity contribution in [2.75, 3.05) is 7.11 Å². The summed E-state index contributed by atoms with van der Waals surface area (Å²) in [6.07, 6.45) is 7.83. The van der Waals surface area contributed by atoms with Gasteiger partial charge in [-0.2, -0.15) is 5.10 Å². The van der Waals surface area contributed by atoms with Crippen LogP contribution in [-0.2, 0) is 6.54 Å². The van der Waals surface area contributed by atoms with E-state index in [0.29, 0.717) is 0 Å². The average molecular weight is 251 g/mol. The van der Waals surface area contributed by atoms with Crippen LogP contribution in [0.1, 0.15) is 57.7 Å². The van der Waals surface area contributed by atoms with Crippen LogP contribution in [0.25, 0.3) is 0 Å². The summed E-state index contributed by atoms with van der Waals surface area (Å²) in [4.78, 5) is 0. The molecular formula is C14H25N3O. The molecule has 0 radical (unpaired) electrons. The number of aromatic nitrogens is 2. The Labute approximate surface area is 110 Å². The van der Waals surface area contributed by atoms with Crippen molar-refractivity contribution in [2.45, 2.75) is 58.5 Å². The molecular weight excluding hydrogens is 226 g/mol. The molecule has 1 atom stereocenters. The van der Waals surface area contributed by atoms with Crippen molar-refractivity contribution in [3.63, 3.8) is 0 Å². The number of nitrogens with two attached hydrogens (primary N) is 1. The lowest BCUT2D eigenvalue weighted by molar-refractivity contribution is 0.247. The normalized spacial score (nSPS) is 20.0. The fourth-order valence-electron chi connectivity index (χ4n) is 3.06. The Bertz CT molecular complexity index is 394. The van der Waals surface area contributed by atoms with Gasteiger partial charge in [-0.25, -0.2) is 0 Å². The van der Waals surface area contributed by atoms with Crippen LogP contribution in [0.4, 0.5) is 0 Å². The number of hydrogen-bond acceptors (Lipinski definition) is 3. The maximum absolute atomic E-state index is 6.55. The lowest BCUT2D eigenvalue weighted by Gasteiger charge is -2.31. The highest BCUT2D eigenvalue weighted by Crippen LogP contribution is 2.47. The quantitative estimate of drug-likeness (QED) is 0.875. The van der Waals surface area contributed by atoms with Crippen LogP contribution in [0, 0.1) is 5.41 Å². The monoisotopic (exact) mass is 251 g/mol.